The van der Waals surface area contributed by atoms with Crippen molar-refractivity contribution in [2.75, 3.05) is 13.7 Å². The van der Waals surface area contributed by atoms with Gasteiger partial charge in [-0.15, -0.1) is 0 Å². The molecule has 0 aliphatic carbocycles. The molecule has 1 aromatic rings. The predicted octanol–water partition coefficient (Wildman–Crippen LogP) is 1.55. The number of fused-ring (bicyclic) bond motifs is 1. The number of methoxy groups -OCH3 is 1. The van der Waals surface area contributed by atoms with E-state index in [0.717, 1.165) is 35.5 Å². The molecule has 108 valence electrons. The van der Waals surface area contributed by atoms with E-state index >= 15 is 0 Å². The fraction of sp³-hybridized carbons (Fsp3) is 0.533. The van der Waals surface area contributed by atoms with Gasteiger partial charge in [0.05, 0.1) is 7.11 Å². The Hall–Kier alpha value is -1.75. The molecule has 1 aromatic carbocycles. The molecule has 1 fully saturated rings. The maximum absolute atomic E-state index is 11.3. The first kappa shape index (κ1) is 13.2. The van der Waals surface area contributed by atoms with Crippen molar-refractivity contribution in [2.24, 2.45) is 0 Å². The number of carbonyl (C=O) groups is 1. The number of hydrogen-bond donors (Lipinski definition) is 2. The van der Waals surface area contributed by atoms with E-state index in [-0.39, 0.29) is 12.0 Å². The fourth-order valence-corrected chi connectivity index (χ4v) is 3.22. The number of benzene rings is 1. The number of aliphatic carboxylic acids is 1. The lowest BCUT2D eigenvalue weighted by Crippen LogP contribution is -2.34. The van der Waals surface area contributed by atoms with Crippen LogP contribution >= 0.6 is 0 Å². The summed E-state index contributed by atoms with van der Waals surface area (Å²) >= 11 is 0. The lowest BCUT2D eigenvalue weighted by Gasteiger charge is -2.19. The van der Waals surface area contributed by atoms with E-state index in [9.17, 15) is 9.90 Å². The van der Waals surface area contributed by atoms with Gasteiger partial charge in [-0.1, -0.05) is 0 Å². The number of carboxylic acids is 1. The van der Waals surface area contributed by atoms with Gasteiger partial charge in [0.1, 0.15) is 23.6 Å². The van der Waals surface area contributed by atoms with Gasteiger partial charge in [-0.05, 0) is 32.0 Å². The maximum Gasteiger partial charge on any atom is 0.321 e. The van der Waals surface area contributed by atoms with Crippen LogP contribution in [0.25, 0.3) is 0 Å². The summed E-state index contributed by atoms with van der Waals surface area (Å²) in [5.41, 5.74) is 2.06. The monoisotopic (exact) mass is 277 g/mol. The Morgan fingerprint density at radius 3 is 3.00 bits per heavy atom. The molecule has 0 radical (unpaired) electrons. The first-order valence-corrected chi connectivity index (χ1v) is 6.93. The van der Waals surface area contributed by atoms with Crippen LogP contribution in [0.3, 0.4) is 0 Å². The summed E-state index contributed by atoms with van der Waals surface area (Å²) < 4.78 is 11.2. The Morgan fingerprint density at radius 1 is 1.50 bits per heavy atom. The van der Waals surface area contributed by atoms with E-state index in [1.807, 2.05) is 19.1 Å². The van der Waals surface area contributed by atoms with E-state index in [2.05, 4.69) is 5.32 Å². The second-order valence-corrected chi connectivity index (χ2v) is 5.50. The molecule has 3 rings (SSSR count). The van der Waals surface area contributed by atoms with Gasteiger partial charge < -0.3 is 19.9 Å². The smallest absolute Gasteiger partial charge is 0.321 e. The normalized spacial score (nSPS) is 28.0. The van der Waals surface area contributed by atoms with Crippen LogP contribution in [0.5, 0.6) is 11.5 Å². The second kappa shape index (κ2) is 4.98. The van der Waals surface area contributed by atoms with Gasteiger partial charge in [0.25, 0.3) is 0 Å². The predicted molar refractivity (Wildman–Crippen MR) is 73.6 cm³/mol. The molecule has 20 heavy (non-hydrogen) atoms. The minimum atomic E-state index is -0.815. The average Bonchev–Trinajstić information content (AvgIpc) is 3.01. The van der Waals surface area contributed by atoms with Gasteiger partial charge in [-0.3, -0.25) is 4.79 Å². The molecule has 2 heterocycles. The van der Waals surface area contributed by atoms with Crippen LogP contribution in [-0.2, 0) is 11.2 Å². The summed E-state index contributed by atoms with van der Waals surface area (Å²) in [6, 6.07) is 3.40. The molecule has 5 heteroatoms. The highest BCUT2D eigenvalue weighted by atomic mass is 16.5. The Bertz CT molecular complexity index is 543. The lowest BCUT2D eigenvalue weighted by molar-refractivity contribution is -0.139. The Kier molecular flexibility index (Phi) is 3.30. The highest BCUT2D eigenvalue weighted by Crippen LogP contribution is 2.41. The van der Waals surface area contributed by atoms with Crippen molar-refractivity contribution in [3.63, 3.8) is 0 Å². The van der Waals surface area contributed by atoms with E-state index < -0.39 is 12.0 Å². The first-order chi connectivity index (χ1) is 9.60. The van der Waals surface area contributed by atoms with E-state index in [0.29, 0.717) is 6.54 Å². The van der Waals surface area contributed by atoms with Gasteiger partial charge in [0, 0.05) is 23.5 Å². The summed E-state index contributed by atoms with van der Waals surface area (Å²) in [6.45, 7) is 2.74. The highest BCUT2D eigenvalue weighted by molar-refractivity contribution is 5.76. The fourth-order valence-electron chi connectivity index (χ4n) is 3.22. The van der Waals surface area contributed by atoms with Crippen molar-refractivity contribution >= 4 is 5.97 Å². The third-order valence-corrected chi connectivity index (χ3v) is 4.14. The summed E-state index contributed by atoms with van der Waals surface area (Å²) in [5, 5.41) is 12.3. The summed E-state index contributed by atoms with van der Waals surface area (Å²) in [6.07, 6.45) is 1.83. The third kappa shape index (κ3) is 2.12. The van der Waals surface area contributed by atoms with Crippen molar-refractivity contribution in [1.82, 2.24) is 5.32 Å². The minimum absolute atomic E-state index is 0.0766. The molecular formula is C15H19NO4. The van der Waals surface area contributed by atoms with Gasteiger partial charge in [-0.2, -0.15) is 0 Å². The van der Waals surface area contributed by atoms with Crippen LogP contribution in [0, 0.1) is 0 Å². The highest BCUT2D eigenvalue weighted by Gasteiger charge is 2.36. The van der Waals surface area contributed by atoms with Crippen molar-refractivity contribution in [3.8, 4) is 11.5 Å². The number of rotatable bonds is 3. The van der Waals surface area contributed by atoms with Gasteiger partial charge in [0.15, 0.2) is 0 Å². The number of ether oxygens (including phenoxy) is 2. The maximum atomic E-state index is 11.3. The first-order valence-electron chi connectivity index (χ1n) is 6.93. The Morgan fingerprint density at radius 2 is 2.30 bits per heavy atom. The minimum Gasteiger partial charge on any atom is -0.496 e. The largest absolute Gasteiger partial charge is 0.496 e. The topological polar surface area (TPSA) is 67.8 Å². The quantitative estimate of drug-likeness (QED) is 0.877. The summed E-state index contributed by atoms with van der Waals surface area (Å²) in [4.78, 5) is 11.3. The summed E-state index contributed by atoms with van der Waals surface area (Å²) in [7, 11) is 1.63. The standard InChI is InChI=1S/C15H19NO4/c1-8-5-9-6-13(19-2)11(7-12(9)20-8)10-3-4-16-14(10)15(17)18/h6-8,10,14,16H,3-5H2,1-2H3,(H,17,18). The van der Waals surface area contributed by atoms with E-state index in [1.165, 1.54) is 0 Å². The lowest BCUT2D eigenvalue weighted by atomic mass is 9.90. The third-order valence-electron chi connectivity index (χ3n) is 4.14. The molecule has 3 atom stereocenters. The van der Waals surface area contributed by atoms with Crippen molar-refractivity contribution < 1.29 is 19.4 Å². The van der Waals surface area contributed by atoms with Crippen LogP contribution < -0.4 is 14.8 Å². The SMILES string of the molecule is COc1cc2c(cc1C1CCNC1C(=O)O)OC(C)C2. The van der Waals surface area contributed by atoms with Crippen LogP contribution in [0.1, 0.15) is 30.4 Å². The van der Waals surface area contributed by atoms with Crippen molar-refractivity contribution in [2.45, 2.75) is 37.8 Å². The number of carboxylic acid groups (broad SMARTS) is 1. The molecule has 0 bridgehead atoms. The van der Waals surface area contributed by atoms with Crippen molar-refractivity contribution in [1.29, 1.82) is 0 Å². The van der Waals surface area contributed by atoms with Gasteiger partial charge in [-0.25, -0.2) is 0 Å². The molecule has 0 spiro atoms. The number of hydrogen-bond acceptors (Lipinski definition) is 4. The molecule has 2 N–H and O–H groups in total. The zero-order valence-corrected chi connectivity index (χ0v) is 11.7. The second-order valence-electron chi connectivity index (χ2n) is 5.50. The molecule has 2 aliphatic rings. The molecule has 3 unspecified atom stereocenters. The van der Waals surface area contributed by atoms with Gasteiger partial charge >= 0.3 is 5.97 Å². The number of nitrogens with one attached hydrogen (secondary N) is 1. The van der Waals surface area contributed by atoms with E-state index in [4.69, 9.17) is 9.47 Å². The zero-order chi connectivity index (χ0) is 14.3. The molecule has 2 aliphatic heterocycles. The van der Waals surface area contributed by atoms with Crippen LogP contribution in [0.15, 0.2) is 12.1 Å². The van der Waals surface area contributed by atoms with Crippen LogP contribution in [0.2, 0.25) is 0 Å². The molecule has 0 amide bonds. The Balaban J connectivity index is 2.01. The zero-order valence-electron chi connectivity index (χ0n) is 11.7. The molecular weight excluding hydrogens is 258 g/mol. The Labute approximate surface area is 117 Å². The van der Waals surface area contributed by atoms with Gasteiger partial charge in [0.2, 0.25) is 0 Å². The molecule has 0 aromatic heterocycles. The van der Waals surface area contributed by atoms with Crippen molar-refractivity contribution in [3.05, 3.63) is 23.3 Å². The molecule has 0 saturated carbocycles. The van der Waals surface area contributed by atoms with Crippen LogP contribution in [-0.4, -0.2) is 36.9 Å². The molecule has 5 nitrogen and oxygen atoms in total. The summed E-state index contributed by atoms with van der Waals surface area (Å²) in [5.74, 6) is 0.738. The molecule has 1 saturated heterocycles. The van der Waals surface area contributed by atoms with Crippen LogP contribution in [0.4, 0.5) is 0 Å². The average molecular weight is 277 g/mol. The van der Waals surface area contributed by atoms with E-state index in [1.54, 1.807) is 7.11 Å².